The predicted molar refractivity (Wildman–Crippen MR) is 147 cm³/mol. The zero-order chi connectivity index (χ0) is 29.9. The van der Waals surface area contributed by atoms with Gasteiger partial charge in [-0.25, -0.2) is 14.6 Å². The van der Waals surface area contributed by atoms with E-state index >= 15 is 0 Å². The average molecular weight is 616 g/mol. The largest absolute Gasteiger partial charge is 0.491 e. The number of aryl methyl sites for hydroxylation is 1. The number of esters is 1. The van der Waals surface area contributed by atoms with Gasteiger partial charge >= 0.3 is 18.1 Å². The van der Waals surface area contributed by atoms with Gasteiger partial charge in [0.1, 0.15) is 24.8 Å². The van der Waals surface area contributed by atoms with Gasteiger partial charge in [-0.05, 0) is 37.3 Å². The van der Waals surface area contributed by atoms with Gasteiger partial charge in [-0.15, -0.1) is 11.3 Å². The summed E-state index contributed by atoms with van der Waals surface area (Å²) >= 11 is 7.49. The second-order valence-electron chi connectivity index (χ2n) is 9.34. The number of ether oxygens (including phenoxy) is 2. The van der Waals surface area contributed by atoms with Gasteiger partial charge in [0.05, 0.1) is 44.4 Å². The second kappa shape index (κ2) is 10.1. The highest BCUT2D eigenvalue weighted by atomic mass is 35.5. The molecule has 6 rings (SSSR count). The van der Waals surface area contributed by atoms with Gasteiger partial charge in [-0.2, -0.15) is 13.2 Å². The number of alkyl halides is 3. The highest BCUT2D eigenvalue weighted by Crippen LogP contribution is 2.41. The first-order valence-electron chi connectivity index (χ1n) is 12.3. The lowest BCUT2D eigenvalue weighted by atomic mass is 9.98. The summed E-state index contributed by atoms with van der Waals surface area (Å²) in [5.41, 5.74) is -1.23. The van der Waals surface area contributed by atoms with Crippen molar-refractivity contribution in [1.29, 1.82) is 0 Å². The lowest BCUT2D eigenvalue weighted by Gasteiger charge is -2.16. The fourth-order valence-electron chi connectivity index (χ4n) is 5.01. The number of pyridine rings is 1. The van der Waals surface area contributed by atoms with Crippen molar-refractivity contribution in [1.82, 2.24) is 14.5 Å². The van der Waals surface area contributed by atoms with Gasteiger partial charge in [-0.3, -0.25) is 14.3 Å². The molecule has 42 heavy (non-hydrogen) atoms. The molecule has 3 aromatic heterocycles. The molecule has 1 N–H and O–H groups in total. The topological polar surface area (TPSA) is 121 Å². The number of carboxylic acid groups (broad SMARTS) is 1. The first-order chi connectivity index (χ1) is 20.0. The normalized spacial score (nSPS) is 13.0. The Labute approximate surface area is 242 Å². The van der Waals surface area contributed by atoms with Crippen LogP contribution in [-0.2, 0) is 24.1 Å². The van der Waals surface area contributed by atoms with Gasteiger partial charge in [0.2, 0.25) is 0 Å². The van der Waals surface area contributed by atoms with Crippen molar-refractivity contribution in [3.63, 3.8) is 0 Å². The number of hydrogen-bond acceptors (Lipinski definition) is 8. The molecule has 214 valence electrons. The molecule has 0 saturated carbocycles. The predicted octanol–water partition coefficient (Wildman–Crippen LogP) is 6.10. The van der Waals surface area contributed by atoms with Gasteiger partial charge in [0.25, 0.3) is 5.56 Å². The lowest BCUT2D eigenvalue weighted by Crippen LogP contribution is -2.28. The van der Waals surface area contributed by atoms with E-state index in [2.05, 4.69) is 9.97 Å². The van der Waals surface area contributed by atoms with Crippen molar-refractivity contribution in [2.24, 2.45) is 0 Å². The first kappa shape index (κ1) is 27.7. The molecule has 0 atom stereocenters. The molecule has 0 bridgehead atoms. The Bertz CT molecular complexity index is 2020. The maximum absolute atomic E-state index is 13.7. The van der Waals surface area contributed by atoms with Crippen molar-refractivity contribution in [2.45, 2.75) is 26.3 Å². The molecule has 9 nitrogen and oxygen atoms in total. The zero-order valence-electron chi connectivity index (χ0n) is 21.4. The summed E-state index contributed by atoms with van der Waals surface area (Å²) in [4.78, 5) is 45.9. The van der Waals surface area contributed by atoms with Crippen molar-refractivity contribution >= 4 is 56.0 Å². The van der Waals surface area contributed by atoms with Crippen LogP contribution in [0.3, 0.4) is 0 Å². The van der Waals surface area contributed by atoms with Crippen LogP contribution < -0.4 is 10.3 Å². The number of carbonyl (C=O) groups excluding carboxylic acids is 1. The number of carbonyl (C=O) groups is 2. The molecular formula is C28H17ClF3N3O6S. The molecule has 0 fully saturated rings. The van der Waals surface area contributed by atoms with E-state index in [9.17, 15) is 32.7 Å². The quantitative estimate of drug-likeness (QED) is 0.228. The smallest absolute Gasteiger partial charge is 0.416 e. The molecule has 1 aliphatic rings. The number of aromatic carboxylic acids is 1. The van der Waals surface area contributed by atoms with Gasteiger partial charge in [0.15, 0.2) is 0 Å². The summed E-state index contributed by atoms with van der Waals surface area (Å²) in [6, 6.07) is 7.37. The van der Waals surface area contributed by atoms with Crippen molar-refractivity contribution in [2.75, 3.05) is 6.61 Å². The monoisotopic (exact) mass is 615 g/mol. The molecule has 14 heteroatoms. The van der Waals surface area contributed by atoms with Crippen LogP contribution in [0.25, 0.3) is 32.2 Å². The summed E-state index contributed by atoms with van der Waals surface area (Å²) in [6.45, 7) is 0.774. The minimum absolute atomic E-state index is 0.0472. The average Bonchev–Trinajstić information content (AvgIpc) is 3.54. The maximum atomic E-state index is 13.7. The van der Waals surface area contributed by atoms with Gasteiger partial charge < -0.3 is 14.6 Å². The summed E-state index contributed by atoms with van der Waals surface area (Å²) in [6.07, 6.45) is -3.28. The Balaban J connectivity index is 1.36. The standard InChI is InChI=1S/C28H17ClF3N3O6S/c1-12-34-19-9-18(28(30,31)32)16-10-41-27(39)21(16)22(19)25(36)35(12)6-7-40-20-3-2-13(29)8-15(20)14-4-5-33-23-17(26(37)38)11-42-24(14)23/h2-5,8-9,11H,6-7,10H2,1H3,(H,37,38). The minimum atomic E-state index is -4.76. The van der Waals surface area contributed by atoms with Crippen LogP contribution in [0.5, 0.6) is 5.75 Å². The number of carboxylic acids is 1. The van der Waals surface area contributed by atoms with E-state index in [4.69, 9.17) is 21.1 Å². The fraction of sp³-hybridized carbons (Fsp3) is 0.179. The van der Waals surface area contributed by atoms with E-state index in [1.165, 1.54) is 34.4 Å². The highest BCUT2D eigenvalue weighted by molar-refractivity contribution is 7.18. The van der Waals surface area contributed by atoms with Crippen LogP contribution in [0.4, 0.5) is 13.2 Å². The third-order valence-electron chi connectivity index (χ3n) is 6.89. The van der Waals surface area contributed by atoms with E-state index < -0.39 is 41.4 Å². The van der Waals surface area contributed by atoms with Crippen LogP contribution in [0.15, 0.2) is 46.7 Å². The summed E-state index contributed by atoms with van der Waals surface area (Å²) in [5.74, 6) is -1.61. The number of halogens is 4. The highest BCUT2D eigenvalue weighted by Gasteiger charge is 2.40. The summed E-state index contributed by atoms with van der Waals surface area (Å²) in [5, 5.41) is 11.2. The van der Waals surface area contributed by atoms with E-state index in [1.54, 1.807) is 24.3 Å². The third kappa shape index (κ3) is 4.54. The number of rotatable bonds is 6. The molecule has 0 aliphatic carbocycles. The molecule has 0 radical (unpaired) electrons. The number of thiophene rings is 1. The van der Waals surface area contributed by atoms with Crippen molar-refractivity contribution in [3.8, 4) is 16.9 Å². The Morgan fingerprint density at radius 2 is 2.00 bits per heavy atom. The van der Waals surface area contributed by atoms with Crippen LogP contribution in [0.1, 0.15) is 37.7 Å². The second-order valence-corrected chi connectivity index (χ2v) is 10.7. The lowest BCUT2D eigenvalue weighted by molar-refractivity contribution is -0.138. The molecule has 1 aliphatic heterocycles. The Morgan fingerprint density at radius 3 is 2.74 bits per heavy atom. The number of nitrogens with zero attached hydrogens (tertiary/aromatic N) is 3. The number of cyclic esters (lactones) is 1. The molecule has 2 aromatic carbocycles. The maximum Gasteiger partial charge on any atom is 0.416 e. The van der Waals surface area contributed by atoms with Gasteiger partial charge in [0, 0.05) is 33.3 Å². The van der Waals surface area contributed by atoms with Gasteiger partial charge in [-0.1, -0.05) is 11.6 Å². The Morgan fingerprint density at radius 1 is 1.21 bits per heavy atom. The minimum Gasteiger partial charge on any atom is -0.491 e. The van der Waals surface area contributed by atoms with E-state index in [0.29, 0.717) is 32.1 Å². The van der Waals surface area contributed by atoms with E-state index in [0.717, 1.165) is 6.07 Å². The Kier molecular flexibility index (Phi) is 6.65. The van der Waals surface area contributed by atoms with Crippen LogP contribution >= 0.6 is 22.9 Å². The van der Waals surface area contributed by atoms with Crippen molar-refractivity contribution < 1.29 is 37.3 Å². The molecule has 4 heterocycles. The molecule has 0 spiro atoms. The first-order valence-corrected chi connectivity index (χ1v) is 13.5. The number of benzene rings is 2. The number of fused-ring (bicyclic) bond motifs is 4. The fourth-order valence-corrected chi connectivity index (χ4v) is 6.21. The number of hydrogen-bond donors (Lipinski definition) is 1. The van der Waals surface area contributed by atoms with E-state index in [1.807, 2.05) is 0 Å². The van der Waals surface area contributed by atoms with Crippen LogP contribution in [-0.4, -0.2) is 38.2 Å². The van der Waals surface area contributed by atoms with Crippen molar-refractivity contribution in [3.05, 3.63) is 85.4 Å². The molecule has 0 unspecified atom stereocenters. The SMILES string of the molecule is Cc1nc2cc(C(F)(F)F)c3c(c2c(=O)n1CCOc1ccc(Cl)cc1-c1ccnc2c(C(=O)O)csc12)C(=O)OC3. The summed E-state index contributed by atoms with van der Waals surface area (Å²) < 4.78 is 53.8. The van der Waals surface area contributed by atoms with Crippen LogP contribution in [0, 0.1) is 6.92 Å². The third-order valence-corrected chi connectivity index (χ3v) is 8.13. The summed E-state index contributed by atoms with van der Waals surface area (Å²) in [7, 11) is 0. The van der Waals surface area contributed by atoms with Crippen LogP contribution in [0.2, 0.25) is 5.02 Å². The molecule has 0 saturated heterocycles. The molecular weight excluding hydrogens is 599 g/mol. The van der Waals surface area contributed by atoms with E-state index in [-0.39, 0.29) is 41.0 Å². The molecule has 0 amide bonds. The Hall–Kier alpha value is -4.49. The molecule has 5 aromatic rings. The zero-order valence-corrected chi connectivity index (χ0v) is 23.0. The number of aromatic nitrogens is 3.